The van der Waals surface area contributed by atoms with Gasteiger partial charge in [0.25, 0.3) is 0 Å². The van der Waals surface area contributed by atoms with Crippen molar-refractivity contribution in [3.05, 3.63) is 12.3 Å². The van der Waals surface area contributed by atoms with E-state index in [4.69, 9.17) is 0 Å². The Kier molecular flexibility index (Phi) is 2.85. The van der Waals surface area contributed by atoms with Crippen molar-refractivity contribution in [2.75, 3.05) is 11.9 Å². The third-order valence-electron chi connectivity index (χ3n) is 1.32. The van der Waals surface area contributed by atoms with Crippen LogP contribution in [0.15, 0.2) is 12.3 Å². The van der Waals surface area contributed by atoms with E-state index in [1.807, 2.05) is 0 Å². The Morgan fingerprint density at radius 3 is 2.92 bits per heavy atom. The molecule has 1 aromatic rings. The molecule has 66 valence electrons. The molecule has 4 heteroatoms. The molecule has 1 N–H and O–H groups in total. The summed E-state index contributed by atoms with van der Waals surface area (Å²) in [5.41, 5.74) is 0. The monoisotopic (exact) mass is 166 g/mol. The molecule has 0 aliphatic rings. The zero-order valence-electron chi connectivity index (χ0n) is 7.24. The van der Waals surface area contributed by atoms with E-state index in [2.05, 4.69) is 29.1 Å². The Balaban J connectivity index is 2.52. The lowest BCUT2D eigenvalue weighted by Crippen LogP contribution is -2.10. The molecule has 0 fully saturated rings. The fourth-order valence-electron chi connectivity index (χ4n) is 0.748. The number of anilines is 1. The van der Waals surface area contributed by atoms with Crippen LogP contribution >= 0.6 is 0 Å². The van der Waals surface area contributed by atoms with Crippen LogP contribution in [-0.2, 0) is 0 Å². The first kappa shape index (κ1) is 8.77. The van der Waals surface area contributed by atoms with Gasteiger partial charge in [0.2, 0.25) is 0 Å². The van der Waals surface area contributed by atoms with Crippen LogP contribution in [0.4, 0.5) is 5.82 Å². The van der Waals surface area contributed by atoms with Gasteiger partial charge in [-0.3, -0.25) is 4.98 Å². The fraction of sp³-hybridized carbons (Fsp3) is 0.500. The number of nitrogens with zero attached hydrogens (tertiary/aromatic N) is 2. The van der Waals surface area contributed by atoms with Crippen LogP contribution in [0.3, 0.4) is 0 Å². The van der Waals surface area contributed by atoms with E-state index >= 15 is 0 Å². The molecule has 0 saturated carbocycles. The first-order valence-corrected chi connectivity index (χ1v) is 3.92. The van der Waals surface area contributed by atoms with E-state index < -0.39 is 6.01 Å². The Bertz CT molecular complexity index is 250. The summed E-state index contributed by atoms with van der Waals surface area (Å²) in [4.78, 5) is 7.13. The summed E-state index contributed by atoms with van der Waals surface area (Å²) in [5, 5.41) is 13.7. The lowest BCUT2D eigenvalue weighted by molar-refractivity contribution is -0.281. The van der Waals surface area contributed by atoms with Crippen LogP contribution in [-0.4, -0.2) is 16.5 Å². The SMILES string of the molecule is CC(C)CNc1ccnc([O-])n1. The Hall–Kier alpha value is -1.32. The molecule has 0 aliphatic heterocycles. The van der Waals surface area contributed by atoms with Gasteiger partial charge in [-0.15, -0.1) is 0 Å². The average Bonchev–Trinajstić information content (AvgIpc) is 2.01. The summed E-state index contributed by atoms with van der Waals surface area (Å²) >= 11 is 0. The lowest BCUT2D eigenvalue weighted by atomic mass is 10.2. The highest BCUT2D eigenvalue weighted by Crippen LogP contribution is 2.04. The Morgan fingerprint density at radius 2 is 2.33 bits per heavy atom. The molecule has 0 atom stereocenters. The molecule has 0 bridgehead atoms. The van der Waals surface area contributed by atoms with Gasteiger partial charge >= 0.3 is 0 Å². The van der Waals surface area contributed by atoms with Gasteiger partial charge in [0, 0.05) is 12.7 Å². The minimum atomic E-state index is -0.441. The highest BCUT2D eigenvalue weighted by molar-refractivity contribution is 5.33. The largest absolute Gasteiger partial charge is 0.844 e. The predicted octanol–water partition coefficient (Wildman–Crippen LogP) is 0.618. The summed E-state index contributed by atoms with van der Waals surface area (Å²) in [6.45, 7) is 5.00. The Labute approximate surface area is 71.7 Å². The van der Waals surface area contributed by atoms with Gasteiger partial charge in [0.1, 0.15) is 5.82 Å². The van der Waals surface area contributed by atoms with Gasteiger partial charge in [-0.2, -0.15) is 0 Å². The maximum absolute atomic E-state index is 10.7. The zero-order valence-corrected chi connectivity index (χ0v) is 7.24. The van der Waals surface area contributed by atoms with Gasteiger partial charge in [0.15, 0.2) is 0 Å². The molecule has 0 aliphatic carbocycles. The summed E-state index contributed by atoms with van der Waals surface area (Å²) < 4.78 is 0. The van der Waals surface area contributed by atoms with Crippen molar-refractivity contribution < 1.29 is 5.11 Å². The number of hydrogen-bond acceptors (Lipinski definition) is 4. The highest BCUT2D eigenvalue weighted by Gasteiger charge is 1.94. The van der Waals surface area contributed by atoms with Crippen LogP contribution in [0.5, 0.6) is 6.01 Å². The topological polar surface area (TPSA) is 60.9 Å². The van der Waals surface area contributed by atoms with Crippen LogP contribution in [0.1, 0.15) is 13.8 Å². The van der Waals surface area contributed by atoms with Crippen LogP contribution < -0.4 is 10.4 Å². The molecule has 12 heavy (non-hydrogen) atoms. The maximum Gasteiger partial charge on any atom is 0.128 e. The number of hydrogen-bond donors (Lipinski definition) is 1. The molecule has 0 spiro atoms. The van der Waals surface area contributed by atoms with Crippen molar-refractivity contribution in [3.63, 3.8) is 0 Å². The van der Waals surface area contributed by atoms with Crippen LogP contribution in [0.25, 0.3) is 0 Å². The molecule has 0 saturated heterocycles. The van der Waals surface area contributed by atoms with E-state index in [0.29, 0.717) is 11.7 Å². The lowest BCUT2D eigenvalue weighted by Gasteiger charge is -2.09. The van der Waals surface area contributed by atoms with Gasteiger partial charge in [0.05, 0.1) is 6.01 Å². The van der Waals surface area contributed by atoms with Gasteiger partial charge in [-0.1, -0.05) is 13.8 Å². The quantitative estimate of drug-likeness (QED) is 0.715. The van der Waals surface area contributed by atoms with Crippen molar-refractivity contribution in [1.29, 1.82) is 0 Å². The second kappa shape index (κ2) is 3.90. The van der Waals surface area contributed by atoms with E-state index in [1.54, 1.807) is 6.07 Å². The van der Waals surface area contributed by atoms with Gasteiger partial charge in [-0.05, 0) is 12.0 Å². The molecule has 4 nitrogen and oxygen atoms in total. The molecule has 0 radical (unpaired) electrons. The first-order valence-electron chi connectivity index (χ1n) is 3.92. The molecular formula is C8H12N3O-. The molecule has 0 aromatic carbocycles. The molecule has 1 heterocycles. The van der Waals surface area contributed by atoms with Crippen molar-refractivity contribution in [2.24, 2.45) is 5.92 Å². The minimum absolute atomic E-state index is 0.441. The second-order valence-electron chi connectivity index (χ2n) is 3.00. The van der Waals surface area contributed by atoms with Gasteiger partial charge in [-0.25, -0.2) is 4.98 Å². The molecule has 1 rings (SSSR count). The van der Waals surface area contributed by atoms with E-state index in [-0.39, 0.29) is 0 Å². The standard InChI is InChI=1S/C8H13N3O/c1-6(2)5-10-7-3-4-9-8(12)11-7/h3-4,6H,5H2,1-2H3,(H2,9,10,11,12)/p-1. The molecule has 1 aromatic heterocycles. The first-order chi connectivity index (χ1) is 5.68. The van der Waals surface area contributed by atoms with E-state index in [1.165, 1.54) is 6.20 Å². The van der Waals surface area contributed by atoms with Crippen molar-refractivity contribution >= 4 is 5.82 Å². The van der Waals surface area contributed by atoms with Crippen LogP contribution in [0, 0.1) is 5.92 Å². The summed E-state index contributed by atoms with van der Waals surface area (Å²) in [5.74, 6) is 1.14. The minimum Gasteiger partial charge on any atom is -0.844 e. The third kappa shape index (κ3) is 2.74. The number of rotatable bonds is 3. The summed E-state index contributed by atoms with van der Waals surface area (Å²) in [6.07, 6.45) is 1.46. The Morgan fingerprint density at radius 1 is 1.58 bits per heavy atom. The molecule has 0 amide bonds. The van der Waals surface area contributed by atoms with E-state index in [0.717, 1.165) is 6.54 Å². The third-order valence-corrected chi connectivity index (χ3v) is 1.32. The highest BCUT2D eigenvalue weighted by atomic mass is 16.3. The zero-order chi connectivity index (χ0) is 8.97. The van der Waals surface area contributed by atoms with Gasteiger partial charge < -0.3 is 10.4 Å². The van der Waals surface area contributed by atoms with Crippen LogP contribution in [0.2, 0.25) is 0 Å². The predicted molar refractivity (Wildman–Crippen MR) is 44.8 cm³/mol. The van der Waals surface area contributed by atoms with Crippen molar-refractivity contribution in [2.45, 2.75) is 13.8 Å². The molecular weight excluding hydrogens is 154 g/mol. The van der Waals surface area contributed by atoms with Crippen molar-refractivity contribution in [1.82, 2.24) is 9.97 Å². The number of nitrogens with one attached hydrogen (secondary N) is 1. The summed E-state index contributed by atoms with van der Waals surface area (Å²) in [6, 6.07) is 1.24. The summed E-state index contributed by atoms with van der Waals surface area (Å²) in [7, 11) is 0. The number of aromatic nitrogens is 2. The average molecular weight is 166 g/mol. The fourth-order valence-corrected chi connectivity index (χ4v) is 0.748. The molecule has 0 unspecified atom stereocenters. The second-order valence-corrected chi connectivity index (χ2v) is 3.00. The normalized spacial score (nSPS) is 10.2. The smallest absolute Gasteiger partial charge is 0.128 e. The maximum atomic E-state index is 10.7. The van der Waals surface area contributed by atoms with Crippen molar-refractivity contribution in [3.8, 4) is 6.01 Å². The van der Waals surface area contributed by atoms with E-state index in [9.17, 15) is 5.11 Å².